The summed E-state index contributed by atoms with van der Waals surface area (Å²) in [6, 6.07) is 7.17. The topological polar surface area (TPSA) is 94.7 Å². The first-order chi connectivity index (χ1) is 13.5. The van der Waals surface area contributed by atoms with Gasteiger partial charge in [0.05, 0.1) is 43.4 Å². The maximum absolute atomic E-state index is 13.0. The number of hydrogen-bond acceptors (Lipinski definition) is 6. The Morgan fingerprint density at radius 3 is 2.64 bits per heavy atom. The van der Waals surface area contributed by atoms with Crippen LogP contribution in [0.5, 0.6) is 0 Å². The predicted molar refractivity (Wildman–Crippen MR) is 109 cm³/mol. The molecule has 28 heavy (non-hydrogen) atoms. The number of hydrogen-bond donors (Lipinski definition) is 2. The molecule has 0 saturated carbocycles. The summed E-state index contributed by atoms with van der Waals surface area (Å²) < 4.78 is 6.04. The molecular weight excluding hydrogens is 380 g/mol. The molecule has 0 aliphatic heterocycles. The van der Waals surface area contributed by atoms with Crippen molar-refractivity contribution in [1.82, 2.24) is 14.9 Å². The molecule has 2 rings (SSSR count). The molecule has 1 heterocycles. The monoisotopic (exact) mass is 407 g/mol. The average Bonchev–Trinajstić information content (AvgIpc) is 2.71. The third-order valence-electron chi connectivity index (χ3n) is 4.50. The summed E-state index contributed by atoms with van der Waals surface area (Å²) in [4.78, 5) is 42.0. The van der Waals surface area contributed by atoms with Gasteiger partial charge in [-0.25, -0.2) is 9.78 Å². The molecule has 0 bridgehead atoms. The second-order valence-corrected chi connectivity index (χ2v) is 7.20. The van der Waals surface area contributed by atoms with Gasteiger partial charge in [-0.2, -0.15) is 0 Å². The number of carbonyl (C=O) groups excluding carboxylic acids is 2. The van der Waals surface area contributed by atoms with Crippen molar-refractivity contribution in [3.05, 3.63) is 34.6 Å². The number of methoxy groups -OCH3 is 1. The fourth-order valence-electron chi connectivity index (χ4n) is 2.88. The number of quaternary nitrogens is 1. The number of para-hydroxylation sites is 1. The van der Waals surface area contributed by atoms with E-state index in [9.17, 15) is 14.4 Å². The van der Waals surface area contributed by atoms with Gasteiger partial charge in [0.25, 0.3) is 5.56 Å². The standard InChI is InChI=1S/C19H26N4O4S/c1-4-22(5-2)11-8-12-23-17(25)14-9-6-7-10-15(14)20-18(23)28-13-16(24)21-19(26)27-3/h6-7,9-10H,4-5,8,11-13H2,1-3H3,(H,21,24,26)/p+1. The molecule has 152 valence electrons. The van der Waals surface area contributed by atoms with Crippen LogP contribution in [-0.2, 0) is 16.1 Å². The third kappa shape index (κ3) is 5.80. The fourth-order valence-corrected chi connectivity index (χ4v) is 3.70. The van der Waals surface area contributed by atoms with Gasteiger partial charge in [0.2, 0.25) is 5.91 Å². The van der Waals surface area contributed by atoms with E-state index >= 15 is 0 Å². The lowest BCUT2D eigenvalue weighted by molar-refractivity contribution is -0.896. The minimum absolute atomic E-state index is 0.0405. The first-order valence-corrected chi connectivity index (χ1v) is 10.3. The van der Waals surface area contributed by atoms with E-state index in [1.165, 1.54) is 12.0 Å². The van der Waals surface area contributed by atoms with Crippen molar-refractivity contribution in [1.29, 1.82) is 0 Å². The van der Waals surface area contributed by atoms with Crippen molar-refractivity contribution in [3.8, 4) is 0 Å². The number of carbonyl (C=O) groups is 2. The first kappa shape index (κ1) is 21.9. The molecule has 8 nitrogen and oxygen atoms in total. The van der Waals surface area contributed by atoms with E-state index in [0.29, 0.717) is 22.6 Å². The molecule has 0 radical (unpaired) electrons. The first-order valence-electron chi connectivity index (χ1n) is 9.33. The second-order valence-electron chi connectivity index (χ2n) is 6.26. The Morgan fingerprint density at radius 1 is 1.25 bits per heavy atom. The molecule has 9 heteroatoms. The third-order valence-corrected chi connectivity index (χ3v) is 5.47. The van der Waals surface area contributed by atoms with Gasteiger partial charge in [-0.3, -0.25) is 19.5 Å². The Morgan fingerprint density at radius 2 is 1.96 bits per heavy atom. The zero-order valence-electron chi connectivity index (χ0n) is 16.5. The molecule has 0 aliphatic carbocycles. The Balaban J connectivity index is 2.22. The molecule has 0 atom stereocenters. The predicted octanol–water partition coefficient (Wildman–Crippen LogP) is 0.686. The molecule has 1 aromatic heterocycles. The second kappa shape index (κ2) is 10.8. The molecule has 0 spiro atoms. The smallest absolute Gasteiger partial charge is 0.413 e. The summed E-state index contributed by atoms with van der Waals surface area (Å²) in [5.74, 6) is -0.542. The van der Waals surface area contributed by atoms with Gasteiger partial charge >= 0.3 is 6.09 Å². The van der Waals surface area contributed by atoms with Crippen molar-refractivity contribution in [2.45, 2.75) is 32.0 Å². The molecule has 2 amide bonds. The summed E-state index contributed by atoms with van der Waals surface area (Å²) in [6.45, 7) is 7.85. The highest BCUT2D eigenvalue weighted by Crippen LogP contribution is 2.17. The largest absolute Gasteiger partial charge is 0.453 e. The van der Waals surface area contributed by atoms with E-state index in [0.717, 1.165) is 37.8 Å². The van der Waals surface area contributed by atoms with Crippen molar-refractivity contribution in [2.24, 2.45) is 0 Å². The molecule has 0 saturated heterocycles. The van der Waals surface area contributed by atoms with E-state index in [1.54, 1.807) is 16.7 Å². The van der Waals surface area contributed by atoms with Crippen LogP contribution in [0, 0.1) is 0 Å². The van der Waals surface area contributed by atoms with Gasteiger partial charge in [-0.05, 0) is 26.0 Å². The van der Waals surface area contributed by atoms with Gasteiger partial charge in [-0.1, -0.05) is 23.9 Å². The Bertz CT molecular complexity index is 880. The van der Waals surface area contributed by atoms with Crippen LogP contribution < -0.4 is 15.8 Å². The summed E-state index contributed by atoms with van der Waals surface area (Å²) in [7, 11) is 1.19. The van der Waals surface area contributed by atoms with Crippen molar-refractivity contribution in [2.75, 3.05) is 32.5 Å². The van der Waals surface area contributed by atoms with Crippen molar-refractivity contribution < 1.29 is 19.2 Å². The van der Waals surface area contributed by atoms with Crippen molar-refractivity contribution >= 4 is 34.7 Å². The van der Waals surface area contributed by atoms with Crippen LogP contribution >= 0.6 is 11.8 Å². The van der Waals surface area contributed by atoms with Crippen LogP contribution in [0.15, 0.2) is 34.2 Å². The minimum Gasteiger partial charge on any atom is -0.453 e. The van der Waals surface area contributed by atoms with Crippen molar-refractivity contribution in [3.63, 3.8) is 0 Å². The highest BCUT2D eigenvalue weighted by molar-refractivity contribution is 7.99. The normalized spacial score (nSPS) is 11.0. The van der Waals surface area contributed by atoms with Crippen LogP contribution in [0.4, 0.5) is 4.79 Å². The summed E-state index contributed by atoms with van der Waals surface area (Å²) >= 11 is 1.13. The number of amides is 2. The number of imide groups is 1. The van der Waals surface area contributed by atoms with Crippen LogP contribution in [0.2, 0.25) is 0 Å². The van der Waals surface area contributed by atoms with E-state index in [2.05, 4.69) is 28.9 Å². The van der Waals surface area contributed by atoms with Crippen LogP contribution in [0.25, 0.3) is 10.9 Å². The highest BCUT2D eigenvalue weighted by Gasteiger charge is 2.15. The maximum Gasteiger partial charge on any atom is 0.413 e. The lowest BCUT2D eigenvalue weighted by Gasteiger charge is -2.17. The fraction of sp³-hybridized carbons (Fsp3) is 0.474. The summed E-state index contributed by atoms with van der Waals surface area (Å²) in [5, 5.41) is 3.13. The average molecular weight is 408 g/mol. The number of nitrogens with zero attached hydrogens (tertiary/aromatic N) is 2. The number of alkyl carbamates (subject to hydrolysis) is 1. The molecule has 0 unspecified atom stereocenters. The van der Waals surface area contributed by atoms with E-state index in [1.807, 2.05) is 12.1 Å². The van der Waals surface area contributed by atoms with Gasteiger partial charge < -0.3 is 9.64 Å². The summed E-state index contributed by atoms with van der Waals surface area (Å²) in [5.41, 5.74) is 0.477. The Labute approximate surface area is 168 Å². The van der Waals surface area contributed by atoms with Crippen LogP contribution in [0.1, 0.15) is 20.3 Å². The van der Waals surface area contributed by atoms with E-state index < -0.39 is 12.0 Å². The number of thioether (sulfide) groups is 1. The molecule has 2 aromatic rings. The number of fused-ring (bicyclic) bond motifs is 1. The number of rotatable bonds is 9. The lowest BCUT2D eigenvalue weighted by Crippen LogP contribution is -3.11. The zero-order valence-corrected chi connectivity index (χ0v) is 17.3. The minimum atomic E-state index is -0.809. The SMILES string of the molecule is CC[NH+](CC)CCCn1c(SCC(=O)NC(=O)OC)nc2ccccc2c1=O. The molecule has 2 N–H and O–H groups in total. The van der Waals surface area contributed by atoms with Gasteiger partial charge in [-0.15, -0.1) is 0 Å². The van der Waals surface area contributed by atoms with Gasteiger partial charge in [0.1, 0.15) is 0 Å². The van der Waals surface area contributed by atoms with E-state index in [4.69, 9.17) is 0 Å². The number of aromatic nitrogens is 2. The van der Waals surface area contributed by atoms with Gasteiger partial charge in [0, 0.05) is 13.0 Å². The Kier molecular flexibility index (Phi) is 8.46. The van der Waals surface area contributed by atoms with E-state index in [-0.39, 0.29) is 11.3 Å². The molecular formula is C19H27N4O4S+. The lowest BCUT2D eigenvalue weighted by atomic mass is 10.2. The Hall–Kier alpha value is -2.39. The van der Waals surface area contributed by atoms with Crippen LogP contribution in [0.3, 0.4) is 0 Å². The summed E-state index contributed by atoms with van der Waals surface area (Å²) in [6.07, 6.45) is 0.0236. The number of ether oxygens (including phenoxy) is 1. The maximum atomic E-state index is 13.0. The molecule has 0 aliphatic rings. The van der Waals surface area contributed by atoms with Gasteiger partial charge in [0.15, 0.2) is 5.16 Å². The van der Waals surface area contributed by atoms with Crippen LogP contribution in [-0.4, -0.2) is 54.0 Å². The molecule has 1 aromatic carbocycles. The number of benzene rings is 1. The molecule has 0 fully saturated rings. The quantitative estimate of drug-likeness (QED) is 0.469. The highest BCUT2D eigenvalue weighted by atomic mass is 32.2. The zero-order chi connectivity index (χ0) is 20.5. The number of nitrogens with one attached hydrogen (secondary N) is 2.